The Morgan fingerprint density at radius 1 is 1.57 bits per heavy atom. The second-order valence-corrected chi connectivity index (χ2v) is 3.17. The third kappa shape index (κ3) is 3.05. The maximum absolute atomic E-state index is 10.1. The number of carbonyl (C=O) groups is 1. The molecule has 0 amide bonds. The highest BCUT2D eigenvalue weighted by Crippen LogP contribution is 2.12. The lowest BCUT2D eigenvalue weighted by molar-refractivity contribution is -0.107. The predicted molar refractivity (Wildman–Crippen MR) is 57.2 cm³/mol. The number of aldehydes is 1. The molecule has 0 aromatic carbocycles. The first-order valence-electron chi connectivity index (χ1n) is 4.60. The highest BCUT2D eigenvalue weighted by atomic mass is 16.1. The van der Waals surface area contributed by atoms with Crippen LogP contribution in [0.5, 0.6) is 0 Å². The van der Waals surface area contributed by atoms with Crippen LogP contribution < -0.4 is 10.6 Å². The number of carbonyl (C=O) groups excluding carboxylic acids is 1. The van der Waals surface area contributed by atoms with Gasteiger partial charge in [0.15, 0.2) is 0 Å². The molecule has 1 rings (SSSR count). The molecule has 0 saturated carbocycles. The van der Waals surface area contributed by atoms with E-state index in [1.807, 2.05) is 13.1 Å². The van der Waals surface area contributed by atoms with E-state index in [1.54, 1.807) is 12.3 Å². The van der Waals surface area contributed by atoms with Crippen molar-refractivity contribution >= 4 is 17.8 Å². The minimum absolute atomic E-state index is 0.523. The third-order valence-corrected chi connectivity index (χ3v) is 2.03. The minimum atomic E-state index is 0.523. The van der Waals surface area contributed by atoms with E-state index in [0.29, 0.717) is 12.2 Å². The van der Waals surface area contributed by atoms with Crippen molar-refractivity contribution in [1.82, 2.24) is 4.98 Å². The van der Waals surface area contributed by atoms with Crippen LogP contribution in [-0.4, -0.2) is 24.9 Å². The van der Waals surface area contributed by atoms with Crippen molar-refractivity contribution in [3.8, 4) is 0 Å². The molecule has 0 aliphatic heterocycles. The number of nitrogen functional groups attached to an aromatic ring is 1. The SMILES string of the molecule is CN(CCCC=O)c1ccc(N)nc1. The van der Waals surface area contributed by atoms with Crippen molar-refractivity contribution in [2.24, 2.45) is 0 Å². The molecule has 0 unspecified atom stereocenters. The Labute approximate surface area is 83.7 Å². The van der Waals surface area contributed by atoms with Gasteiger partial charge in [0.1, 0.15) is 12.1 Å². The topological polar surface area (TPSA) is 59.2 Å². The van der Waals surface area contributed by atoms with Crippen LogP contribution in [0, 0.1) is 0 Å². The number of pyridine rings is 1. The molecule has 0 radical (unpaired) electrons. The Hall–Kier alpha value is -1.58. The molecule has 1 aromatic heterocycles. The molecule has 0 fully saturated rings. The number of aromatic nitrogens is 1. The van der Waals surface area contributed by atoms with Gasteiger partial charge in [-0.3, -0.25) is 0 Å². The summed E-state index contributed by atoms with van der Waals surface area (Å²) in [6, 6.07) is 3.69. The fourth-order valence-electron chi connectivity index (χ4n) is 1.16. The number of rotatable bonds is 5. The fourth-order valence-corrected chi connectivity index (χ4v) is 1.16. The highest BCUT2D eigenvalue weighted by Gasteiger charge is 1.99. The van der Waals surface area contributed by atoms with Gasteiger partial charge in [0.05, 0.1) is 11.9 Å². The first-order chi connectivity index (χ1) is 6.74. The first kappa shape index (κ1) is 10.5. The average molecular weight is 193 g/mol. The third-order valence-electron chi connectivity index (χ3n) is 2.03. The maximum atomic E-state index is 10.1. The van der Waals surface area contributed by atoms with E-state index in [2.05, 4.69) is 9.88 Å². The summed E-state index contributed by atoms with van der Waals surface area (Å²) in [6.45, 7) is 0.852. The number of nitrogens with zero attached hydrogens (tertiary/aromatic N) is 2. The van der Waals surface area contributed by atoms with E-state index < -0.39 is 0 Å². The highest BCUT2D eigenvalue weighted by molar-refractivity contribution is 5.50. The van der Waals surface area contributed by atoms with Gasteiger partial charge in [0.25, 0.3) is 0 Å². The summed E-state index contributed by atoms with van der Waals surface area (Å²) < 4.78 is 0. The second-order valence-electron chi connectivity index (χ2n) is 3.17. The number of anilines is 2. The lowest BCUT2D eigenvalue weighted by Gasteiger charge is -2.17. The molecule has 0 spiro atoms. The molecule has 1 aromatic rings. The van der Waals surface area contributed by atoms with Crippen molar-refractivity contribution in [3.05, 3.63) is 18.3 Å². The normalized spacial score (nSPS) is 9.79. The Kier molecular flexibility index (Phi) is 3.91. The summed E-state index contributed by atoms with van der Waals surface area (Å²) in [6.07, 6.45) is 4.14. The maximum Gasteiger partial charge on any atom is 0.123 e. The smallest absolute Gasteiger partial charge is 0.123 e. The number of nitrogens with two attached hydrogens (primary N) is 1. The number of hydrogen-bond acceptors (Lipinski definition) is 4. The van der Waals surface area contributed by atoms with Gasteiger partial charge in [-0.15, -0.1) is 0 Å². The van der Waals surface area contributed by atoms with Crippen molar-refractivity contribution in [3.63, 3.8) is 0 Å². The average Bonchev–Trinajstić information content (AvgIpc) is 2.19. The monoisotopic (exact) mass is 193 g/mol. The summed E-state index contributed by atoms with van der Waals surface area (Å²) >= 11 is 0. The van der Waals surface area contributed by atoms with Crippen molar-refractivity contribution in [2.75, 3.05) is 24.2 Å². The first-order valence-corrected chi connectivity index (χ1v) is 4.60. The van der Waals surface area contributed by atoms with Crippen LogP contribution in [-0.2, 0) is 4.79 Å². The molecule has 76 valence electrons. The molecular formula is C10H15N3O. The fraction of sp³-hybridized carbons (Fsp3) is 0.400. The molecular weight excluding hydrogens is 178 g/mol. The molecule has 0 aliphatic rings. The van der Waals surface area contributed by atoms with Crippen LogP contribution in [0.3, 0.4) is 0 Å². The molecule has 4 nitrogen and oxygen atoms in total. The summed E-state index contributed by atoms with van der Waals surface area (Å²) in [5.41, 5.74) is 6.49. The summed E-state index contributed by atoms with van der Waals surface area (Å²) in [5, 5.41) is 0. The van der Waals surface area contributed by atoms with Crippen LogP contribution in [0.1, 0.15) is 12.8 Å². The Morgan fingerprint density at radius 2 is 2.36 bits per heavy atom. The second kappa shape index (κ2) is 5.21. The largest absolute Gasteiger partial charge is 0.384 e. The van der Waals surface area contributed by atoms with E-state index >= 15 is 0 Å². The molecule has 2 N–H and O–H groups in total. The van der Waals surface area contributed by atoms with Gasteiger partial charge in [0, 0.05) is 20.0 Å². The molecule has 0 atom stereocenters. The zero-order valence-electron chi connectivity index (χ0n) is 8.31. The Bertz CT molecular complexity index is 284. The zero-order valence-corrected chi connectivity index (χ0v) is 8.31. The van der Waals surface area contributed by atoms with Crippen LogP contribution in [0.4, 0.5) is 11.5 Å². The Balaban J connectivity index is 2.47. The number of hydrogen-bond donors (Lipinski definition) is 1. The molecule has 0 aliphatic carbocycles. The van der Waals surface area contributed by atoms with Crippen molar-refractivity contribution in [2.45, 2.75) is 12.8 Å². The molecule has 0 saturated heterocycles. The lowest BCUT2D eigenvalue weighted by Crippen LogP contribution is -2.18. The summed E-state index contributed by atoms with van der Waals surface area (Å²) in [4.78, 5) is 16.2. The number of unbranched alkanes of at least 4 members (excludes halogenated alkanes) is 1. The van der Waals surface area contributed by atoms with E-state index in [1.165, 1.54) is 0 Å². The summed E-state index contributed by atoms with van der Waals surface area (Å²) in [5.74, 6) is 0.523. The van der Waals surface area contributed by atoms with Crippen LogP contribution in [0.2, 0.25) is 0 Å². The molecule has 0 bridgehead atoms. The van der Waals surface area contributed by atoms with Crippen molar-refractivity contribution < 1.29 is 4.79 Å². The van der Waals surface area contributed by atoms with Gasteiger partial charge >= 0.3 is 0 Å². The standard InChI is InChI=1S/C10H15N3O/c1-13(6-2-3-7-14)9-4-5-10(11)12-8-9/h4-5,7-8H,2-3,6H2,1H3,(H2,11,12). The van der Waals surface area contributed by atoms with Crippen LogP contribution >= 0.6 is 0 Å². The van der Waals surface area contributed by atoms with E-state index in [4.69, 9.17) is 5.73 Å². The minimum Gasteiger partial charge on any atom is -0.384 e. The quantitative estimate of drug-likeness (QED) is 0.561. The van der Waals surface area contributed by atoms with Gasteiger partial charge in [0.2, 0.25) is 0 Å². The molecule has 1 heterocycles. The lowest BCUT2D eigenvalue weighted by atomic mass is 10.3. The van der Waals surface area contributed by atoms with Gasteiger partial charge in [-0.05, 0) is 18.6 Å². The van der Waals surface area contributed by atoms with Gasteiger partial charge in [-0.2, -0.15) is 0 Å². The van der Waals surface area contributed by atoms with Gasteiger partial charge in [-0.1, -0.05) is 0 Å². The van der Waals surface area contributed by atoms with Crippen LogP contribution in [0.25, 0.3) is 0 Å². The summed E-state index contributed by atoms with van der Waals surface area (Å²) in [7, 11) is 1.97. The predicted octanol–water partition coefficient (Wildman–Crippen LogP) is 1.08. The van der Waals surface area contributed by atoms with E-state index in [0.717, 1.165) is 24.9 Å². The van der Waals surface area contributed by atoms with E-state index in [-0.39, 0.29) is 0 Å². The van der Waals surface area contributed by atoms with Gasteiger partial charge < -0.3 is 15.4 Å². The van der Waals surface area contributed by atoms with Crippen molar-refractivity contribution in [1.29, 1.82) is 0 Å². The van der Waals surface area contributed by atoms with Crippen LogP contribution in [0.15, 0.2) is 18.3 Å². The van der Waals surface area contributed by atoms with E-state index in [9.17, 15) is 4.79 Å². The Morgan fingerprint density at radius 3 is 2.93 bits per heavy atom. The van der Waals surface area contributed by atoms with Gasteiger partial charge in [-0.25, -0.2) is 4.98 Å². The zero-order chi connectivity index (χ0) is 10.4. The molecule has 4 heteroatoms. The molecule has 14 heavy (non-hydrogen) atoms.